The van der Waals surface area contributed by atoms with Crippen molar-refractivity contribution in [3.05, 3.63) is 132 Å². The Morgan fingerprint density at radius 3 is 2.26 bits per heavy atom. The van der Waals surface area contributed by atoms with E-state index in [1.165, 1.54) is 24.0 Å². The van der Waals surface area contributed by atoms with Crippen molar-refractivity contribution >= 4 is 28.1 Å². The Kier molecular flexibility index (Phi) is 6.91. The summed E-state index contributed by atoms with van der Waals surface area (Å²) >= 11 is 0. The van der Waals surface area contributed by atoms with Crippen LogP contribution in [0.15, 0.2) is 120 Å². The minimum atomic E-state index is -0.290. The van der Waals surface area contributed by atoms with Crippen LogP contribution in [0.25, 0.3) is 27.9 Å². The zero-order valence-electron chi connectivity index (χ0n) is 21.4. The minimum Gasteiger partial charge on any atom is -0.456 e. The number of amides is 1. The van der Waals surface area contributed by atoms with E-state index in [-0.39, 0.29) is 11.8 Å². The highest BCUT2D eigenvalue weighted by Crippen LogP contribution is 2.31. The molecular weight excluding hydrogens is 466 g/mol. The quantitative estimate of drug-likeness (QED) is 0.244. The predicted molar refractivity (Wildman–Crippen MR) is 156 cm³/mol. The Morgan fingerprint density at radius 1 is 0.789 bits per heavy atom. The number of fused-ring (bicyclic) bond motifs is 1. The average molecular weight is 498 g/mol. The number of furan rings is 1. The largest absolute Gasteiger partial charge is 0.456 e. The molecular formula is C35H31NO2. The fourth-order valence-corrected chi connectivity index (χ4v) is 5.31. The molecule has 1 aliphatic rings. The lowest BCUT2D eigenvalue weighted by molar-refractivity contribution is -0.117. The van der Waals surface area contributed by atoms with Gasteiger partial charge in [0.1, 0.15) is 11.3 Å². The fraction of sp³-hybridized carbons (Fsp3) is 0.171. The van der Waals surface area contributed by atoms with Crippen molar-refractivity contribution in [2.24, 2.45) is 0 Å². The van der Waals surface area contributed by atoms with Crippen LogP contribution in [0.2, 0.25) is 0 Å². The van der Waals surface area contributed by atoms with Gasteiger partial charge in [0, 0.05) is 16.6 Å². The van der Waals surface area contributed by atoms with Crippen LogP contribution in [-0.2, 0) is 11.2 Å². The lowest BCUT2D eigenvalue weighted by atomic mass is 9.88. The van der Waals surface area contributed by atoms with Gasteiger partial charge in [0.05, 0.1) is 5.92 Å². The summed E-state index contributed by atoms with van der Waals surface area (Å²) in [4.78, 5) is 13.6. The molecule has 3 nitrogen and oxygen atoms in total. The van der Waals surface area contributed by atoms with Gasteiger partial charge in [0.25, 0.3) is 0 Å². The highest BCUT2D eigenvalue weighted by Gasteiger charge is 2.22. The van der Waals surface area contributed by atoms with Gasteiger partial charge >= 0.3 is 0 Å². The molecule has 38 heavy (non-hydrogen) atoms. The van der Waals surface area contributed by atoms with Crippen LogP contribution in [0, 0.1) is 0 Å². The third-order valence-electron chi connectivity index (χ3n) is 7.44. The first-order valence-corrected chi connectivity index (χ1v) is 13.5. The molecule has 1 aliphatic carbocycles. The molecule has 0 aliphatic heterocycles. The maximum Gasteiger partial charge on any atom is 0.232 e. The minimum absolute atomic E-state index is 0.00466. The van der Waals surface area contributed by atoms with Gasteiger partial charge in [-0.15, -0.1) is 0 Å². The molecule has 6 rings (SSSR count). The van der Waals surface area contributed by atoms with Crippen molar-refractivity contribution in [1.82, 2.24) is 0 Å². The zero-order valence-corrected chi connectivity index (χ0v) is 21.4. The molecule has 1 N–H and O–H groups in total. The number of carbonyl (C=O) groups excluding carboxylic acids is 1. The van der Waals surface area contributed by atoms with Crippen LogP contribution in [0.3, 0.4) is 0 Å². The molecule has 188 valence electrons. The standard InChI is InChI=1S/C35H31NO2/c37-35(36-31-21-19-29(20-22-31)34-24-30-13-7-8-14-33(30)38-34)32(23-25-9-3-1-4-10-25)28-17-15-27(16-18-28)26-11-5-2-6-12-26/h1,3-4,7-11,13-22,24,32H,2,5-6,12,23H2,(H,36,37). The maximum atomic E-state index is 13.6. The molecule has 0 spiro atoms. The van der Waals surface area contributed by atoms with Crippen molar-refractivity contribution in [1.29, 1.82) is 0 Å². The number of anilines is 1. The fourth-order valence-electron chi connectivity index (χ4n) is 5.31. The van der Waals surface area contributed by atoms with Crippen molar-refractivity contribution in [3.63, 3.8) is 0 Å². The second-order valence-electron chi connectivity index (χ2n) is 10.1. The van der Waals surface area contributed by atoms with E-state index in [1.807, 2.05) is 72.8 Å². The van der Waals surface area contributed by atoms with Gasteiger partial charge in [0.15, 0.2) is 0 Å². The van der Waals surface area contributed by atoms with Gasteiger partial charge in [-0.3, -0.25) is 4.79 Å². The second kappa shape index (κ2) is 10.9. The number of carbonyl (C=O) groups is 1. The lowest BCUT2D eigenvalue weighted by Crippen LogP contribution is -2.23. The average Bonchev–Trinajstić information content (AvgIpc) is 3.42. The Balaban J connectivity index is 1.22. The Labute approximate surface area is 223 Å². The molecule has 1 atom stereocenters. The summed E-state index contributed by atoms with van der Waals surface area (Å²) in [5, 5.41) is 4.24. The van der Waals surface area contributed by atoms with Gasteiger partial charge < -0.3 is 9.73 Å². The smallest absolute Gasteiger partial charge is 0.232 e. The van der Waals surface area contributed by atoms with E-state index in [1.54, 1.807) is 0 Å². The van der Waals surface area contributed by atoms with Crippen molar-refractivity contribution in [2.75, 3.05) is 5.32 Å². The summed E-state index contributed by atoms with van der Waals surface area (Å²) in [5.74, 6) is 0.524. The molecule has 1 unspecified atom stereocenters. The number of nitrogens with one attached hydrogen (secondary N) is 1. The molecule has 5 aromatic rings. The summed E-state index contributed by atoms with van der Waals surface area (Å²) in [6, 6.07) is 36.8. The molecule has 3 heteroatoms. The Hall–Kier alpha value is -4.37. The summed E-state index contributed by atoms with van der Waals surface area (Å²) in [5.41, 5.74) is 7.50. The van der Waals surface area contributed by atoms with Gasteiger partial charge in [-0.2, -0.15) is 0 Å². The van der Waals surface area contributed by atoms with Crippen molar-refractivity contribution < 1.29 is 9.21 Å². The molecule has 1 heterocycles. The molecule has 0 saturated heterocycles. The summed E-state index contributed by atoms with van der Waals surface area (Å²) in [6.07, 6.45) is 7.83. The molecule has 0 fully saturated rings. The first-order valence-electron chi connectivity index (χ1n) is 13.5. The summed E-state index contributed by atoms with van der Waals surface area (Å²) < 4.78 is 6.00. The van der Waals surface area contributed by atoms with Crippen LogP contribution < -0.4 is 5.32 Å². The number of hydrogen-bond donors (Lipinski definition) is 1. The molecule has 0 bridgehead atoms. The van der Waals surface area contributed by atoms with Crippen LogP contribution in [0.1, 0.15) is 48.3 Å². The van der Waals surface area contributed by atoms with Gasteiger partial charge in [-0.1, -0.05) is 78.9 Å². The summed E-state index contributed by atoms with van der Waals surface area (Å²) in [6.45, 7) is 0. The van der Waals surface area contributed by atoms with E-state index in [9.17, 15) is 4.79 Å². The van der Waals surface area contributed by atoms with Crippen LogP contribution in [-0.4, -0.2) is 5.91 Å². The molecule has 4 aromatic carbocycles. The highest BCUT2D eigenvalue weighted by molar-refractivity contribution is 5.96. The zero-order chi connectivity index (χ0) is 25.7. The topological polar surface area (TPSA) is 42.2 Å². The Morgan fingerprint density at radius 2 is 1.53 bits per heavy atom. The normalized spacial score (nSPS) is 14.2. The van der Waals surface area contributed by atoms with Gasteiger partial charge in [-0.05, 0) is 90.8 Å². The maximum absolute atomic E-state index is 13.6. The molecule has 1 amide bonds. The van der Waals surface area contributed by atoms with E-state index in [0.29, 0.717) is 6.42 Å². The third kappa shape index (κ3) is 5.33. The monoisotopic (exact) mass is 497 g/mol. The van der Waals surface area contributed by atoms with Gasteiger partial charge in [-0.25, -0.2) is 0 Å². The van der Waals surface area contributed by atoms with Crippen molar-refractivity contribution in [2.45, 2.75) is 38.0 Å². The van der Waals surface area contributed by atoms with E-state index in [2.05, 4.69) is 47.8 Å². The number of hydrogen-bond acceptors (Lipinski definition) is 2. The third-order valence-corrected chi connectivity index (χ3v) is 7.44. The number of allylic oxidation sites excluding steroid dienone is 2. The molecule has 0 radical (unpaired) electrons. The lowest BCUT2D eigenvalue weighted by Gasteiger charge is -2.19. The van der Waals surface area contributed by atoms with Crippen LogP contribution in [0.5, 0.6) is 0 Å². The number of para-hydroxylation sites is 1. The molecule has 1 aromatic heterocycles. The molecule has 0 saturated carbocycles. The number of benzene rings is 4. The van der Waals surface area contributed by atoms with E-state index >= 15 is 0 Å². The van der Waals surface area contributed by atoms with Crippen LogP contribution >= 0.6 is 0 Å². The predicted octanol–water partition coefficient (Wildman–Crippen LogP) is 9.02. The first kappa shape index (κ1) is 24.0. The SMILES string of the molecule is O=C(Nc1ccc(-c2cc3ccccc3o2)cc1)C(Cc1ccccc1)c1ccc(C2=CCCCC2)cc1. The van der Waals surface area contributed by atoms with Crippen LogP contribution in [0.4, 0.5) is 5.69 Å². The Bertz CT molecular complexity index is 1530. The second-order valence-corrected chi connectivity index (χ2v) is 10.1. The summed E-state index contributed by atoms with van der Waals surface area (Å²) in [7, 11) is 0. The highest BCUT2D eigenvalue weighted by atomic mass is 16.3. The van der Waals surface area contributed by atoms with Gasteiger partial charge in [0.2, 0.25) is 5.91 Å². The first-order chi connectivity index (χ1) is 18.7. The van der Waals surface area contributed by atoms with Crippen molar-refractivity contribution in [3.8, 4) is 11.3 Å². The van der Waals surface area contributed by atoms with E-state index in [0.717, 1.165) is 51.9 Å². The van der Waals surface area contributed by atoms with E-state index in [4.69, 9.17) is 4.42 Å². The number of rotatable bonds is 7. The van der Waals surface area contributed by atoms with E-state index < -0.39 is 0 Å².